The Balaban J connectivity index is 1.65. The monoisotopic (exact) mass is 286 g/mol. The molecule has 1 unspecified atom stereocenters. The molecule has 1 aliphatic rings. The summed E-state index contributed by atoms with van der Waals surface area (Å²) in [4.78, 5) is 12.2. The van der Waals surface area contributed by atoms with Crippen LogP contribution in [0.3, 0.4) is 0 Å². The number of carbonyl (C=O) groups is 1. The number of H-pyrrole nitrogens is 1. The minimum absolute atomic E-state index is 0.120. The van der Waals surface area contributed by atoms with E-state index in [1.807, 2.05) is 18.2 Å². The summed E-state index contributed by atoms with van der Waals surface area (Å²) in [6, 6.07) is 7.83. The number of amides is 1. The van der Waals surface area contributed by atoms with Crippen molar-refractivity contribution in [1.29, 1.82) is 0 Å². The third-order valence-electron chi connectivity index (χ3n) is 3.71. The third kappa shape index (κ3) is 3.43. The summed E-state index contributed by atoms with van der Waals surface area (Å²) in [5.74, 6) is 0.838. The first kappa shape index (κ1) is 13.7. The van der Waals surface area contributed by atoms with Gasteiger partial charge in [-0.3, -0.25) is 4.79 Å². The van der Waals surface area contributed by atoms with Crippen LogP contribution in [0.1, 0.15) is 40.5 Å². The topological polar surface area (TPSA) is 95.6 Å². The molecule has 0 bridgehead atoms. The molecule has 0 spiro atoms. The summed E-state index contributed by atoms with van der Waals surface area (Å²) in [6.07, 6.45) is 2.35. The predicted molar refractivity (Wildman–Crippen MR) is 76.6 cm³/mol. The Morgan fingerprint density at radius 2 is 2.38 bits per heavy atom. The van der Waals surface area contributed by atoms with E-state index >= 15 is 0 Å². The number of hydrogen-bond acceptors (Lipinski definition) is 5. The van der Waals surface area contributed by atoms with Gasteiger partial charge < -0.3 is 10.6 Å². The molecule has 1 aliphatic heterocycles. The van der Waals surface area contributed by atoms with Gasteiger partial charge in [-0.2, -0.15) is 5.21 Å². The van der Waals surface area contributed by atoms with Gasteiger partial charge in [0.05, 0.1) is 6.54 Å². The molecule has 1 saturated heterocycles. The van der Waals surface area contributed by atoms with E-state index in [9.17, 15) is 4.79 Å². The van der Waals surface area contributed by atoms with Crippen LogP contribution in [0.5, 0.6) is 0 Å². The van der Waals surface area contributed by atoms with Gasteiger partial charge in [0, 0.05) is 12.1 Å². The Hall–Kier alpha value is -2.28. The van der Waals surface area contributed by atoms with Crippen molar-refractivity contribution < 1.29 is 4.79 Å². The molecular formula is C14H18N6O. The number of hydrogen-bond donors (Lipinski definition) is 3. The van der Waals surface area contributed by atoms with Crippen LogP contribution in [0.2, 0.25) is 0 Å². The molecule has 1 fully saturated rings. The van der Waals surface area contributed by atoms with Gasteiger partial charge in [-0.05, 0) is 43.0 Å². The van der Waals surface area contributed by atoms with Crippen molar-refractivity contribution in [3.63, 3.8) is 0 Å². The lowest BCUT2D eigenvalue weighted by atomic mass is 9.90. The average molecular weight is 286 g/mol. The maximum absolute atomic E-state index is 12.2. The van der Waals surface area contributed by atoms with E-state index in [1.54, 1.807) is 0 Å². The van der Waals surface area contributed by atoms with Crippen molar-refractivity contribution in [3.05, 3.63) is 41.2 Å². The second-order valence-electron chi connectivity index (χ2n) is 5.18. The number of nitrogens with one attached hydrogen (secondary N) is 3. The van der Waals surface area contributed by atoms with Crippen LogP contribution in [0.15, 0.2) is 24.3 Å². The Kier molecular flexibility index (Phi) is 4.20. The number of aromatic nitrogens is 4. The summed E-state index contributed by atoms with van der Waals surface area (Å²) < 4.78 is 0. The van der Waals surface area contributed by atoms with Gasteiger partial charge >= 0.3 is 0 Å². The first-order valence-corrected chi connectivity index (χ1v) is 7.14. The highest BCUT2D eigenvalue weighted by Crippen LogP contribution is 2.23. The minimum Gasteiger partial charge on any atom is -0.345 e. The molecule has 7 nitrogen and oxygen atoms in total. The molecule has 2 aromatic rings. The Morgan fingerprint density at radius 1 is 1.43 bits per heavy atom. The lowest BCUT2D eigenvalue weighted by molar-refractivity contribution is 0.0949. The number of piperidine rings is 1. The fraction of sp³-hybridized carbons (Fsp3) is 0.429. The standard InChI is InChI=1S/C14H18N6O/c21-14(16-9-13-17-19-20-18-13)11-4-1-3-10(7-11)12-5-2-6-15-8-12/h1,3-4,7,12,15H,2,5-6,8-9H2,(H,16,21)(H,17,18,19,20). The fourth-order valence-corrected chi connectivity index (χ4v) is 2.59. The van der Waals surface area contributed by atoms with Gasteiger partial charge in [0.15, 0.2) is 5.82 Å². The smallest absolute Gasteiger partial charge is 0.251 e. The van der Waals surface area contributed by atoms with Crippen molar-refractivity contribution in [2.75, 3.05) is 13.1 Å². The molecule has 0 aliphatic carbocycles. The van der Waals surface area contributed by atoms with E-state index in [0.29, 0.717) is 17.3 Å². The third-order valence-corrected chi connectivity index (χ3v) is 3.71. The molecule has 1 amide bonds. The van der Waals surface area contributed by atoms with Crippen molar-refractivity contribution >= 4 is 5.91 Å². The lowest BCUT2D eigenvalue weighted by Gasteiger charge is -2.23. The average Bonchev–Trinajstić information content (AvgIpc) is 3.07. The van der Waals surface area contributed by atoms with Crippen molar-refractivity contribution in [1.82, 2.24) is 31.3 Å². The molecule has 3 N–H and O–H groups in total. The van der Waals surface area contributed by atoms with Gasteiger partial charge in [-0.25, -0.2) is 0 Å². The van der Waals surface area contributed by atoms with Gasteiger partial charge in [0.2, 0.25) is 0 Å². The van der Waals surface area contributed by atoms with Gasteiger partial charge in [-0.15, -0.1) is 10.2 Å². The largest absolute Gasteiger partial charge is 0.345 e. The zero-order valence-corrected chi connectivity index (χ0v) is 11.7. The highest BCUT2D eigenvalue weighted by atomic mass is 16.1. The second kappa shape index (κ2) is 6.45. The Morgan fingerprint density at radius 3 is 3.14 bits per heavy atom. The molecule has 110 valence electrons. The summed E-state index contributed by atoms with van der Waals surface area (Å²) in [5.41, 5.74) is 1.89. The number of tetrazole rings is 1. The SMILES string of the molecule is O=C(NCc1nn[nH]n1)c1cccc(C2CCCNC2)c1. The number of nitrogens with zero attached hydrogens (tertiary/aromatic N) is 3. The maximum Gasteiger partial charge on any atom is 0.251 e. The van der Waals surface area contributed by atoms with Gasteiger partial charge in [0.25, 0.3) is 5.91 Å². The van der Waals surface area contributed by atoms with Crippen LogP contribution in [-0.4, -0.2) is 39.6 Å². The highest BCUT2D eigenvalue weighted by molar-refractivity contribution is 5.94. The molecule has 0 radical (unpaired) electrons. The summed E-state index contributed by atoms with van der Waals surface area (Å²) in [5, 5.41) is 19.6. The summed E-state index contributed by atoms with van der Waals surface area (Å²) in [7, 11) is 0. The maximum atomic E-state index is 12.2. The minimum atomic E-state index is -0.120. The van der Waals surface area contributed by atoms with Crippen molar-refractivity contribution in [2.24, 2.45) is 0 Å². The molecule has 1 aromatic heterocycles. The lowest BCUT2D eigenvalue weighted by Crippen LogP contribution is -2.28. The van der Waals surface area contributed by atoms with Crippen molar-refractivity contribution in [3.8, 4) is 0 Å². The molecule has 1 atom stereocenters. The fourth-order valence-electron chi connectivity index (χ4n) is 2.59. The van der Waals surface area contributed by atoms with E-state index in [0.717, 1.165) is 13.1 Å². The van der Waals surface area contributed by atoms with Crippen LogP contribution >= 0.6 is 0 Å². The van der Waals surface area contributed by atoms with Gasteiger partial charge in [0.1, 0.15) is 0 Å². The first-order chi connectivity index (χ1) is 10.3. The second-order valence-corrected chi connectivity index (χ2v) is 5.18. The molecule has 7 heteroatoms. The molecular weight excluding hydrogens is 268 g/mol. The summed E-state index contributed by atoms with van der Waals surface area (Å²) >= 11 is 0. The first-order valence-electron chi connectivity index (χ1n) is 7.14. The van der Waals surface area contributed by atoms with Crippen LogP contribution in [-0.2, 0) is 6.54 Å². The number of benzene rings is 1. The van der Waals surface area contributed by atoms with Crippen LogP contribution in [0.25, 0.3) is 0 Å². The van der Waals surface area contributed by atoms with Crippen LogP contribution in [0, 0.1) is 0 Å². The highest BCUT2D eigenvalue weighted by Gasteiger charge is 2.16. The van der Waals surface area contributed by atoms with Gasteiger partial charge in [-0.1, -0.05) is 17.3 Å². The predicted octanol–water partition coefficient (Wildman–Crippen LogP) is 0.597. The van der Waals surface area contributed by atoms with E-state index in [1.165, 1.54) is 18.4 Å². The molecule has 2 heterocycles. The number of rotatable bonds is 4. The Labute approximate surface area is 122 Å². The quantitative estimate of drug-likeness (QED) is 0.765. The van der Waals surface area contributed by atoms with Crippen LogP contribution in [0.4, 0.5) is 0 Å². The summed E-state index contributed by atoms with van der Waals surface area (Å²) in [6.45, 7) is 2.33. The normalized spacial score (nSPS) is 18.4. The number of aromatic amines is 1. The van der Waals surface area contributed by atoms with E-state index in [-0.39, 0.29) is 12.5 Å². The zero-order valence-electron chi connectivity index (χ0n) is 11.7. The zero-order chi connectivity index (χ0) is 14.5. The molecule has 3 rings (SSSR count). The van der Waals surface area contributed by atoms with E-state index in [2.05, 4.69) is 37.3 Å². The molecule has 1 aromatic carbocycles. The number of carbonyl (C=O) groups excluding carboxylic acids is 1. The van der Waals surface area contributed by atoms with Crippen molar-refractivity contribution in [2.45, 2.75) is 25.3 Å². The van der Waals surface area contributed by atoms with E-state index in [4.69, 9.17) is 0 Å². The van der Waals surface area contributed by atoms with Crippen LogP contribution < -0.4 is 10.6 Å². The molecule has 21 heavy (non-hydrogen) atoms. The Bertz CT molecular complexity index is 591. The van der Waals surface area contributed by atoms with E-state index < -0.39 is 0 Å². The molecule has 0 saturated carbocycles.